The van der Waals surface area contributed by atoms with Crippen molar-refractivity contribution >= 4 is 23.2 Å². The van der Waals surface area contributed by atoms with Gasteiger partial charge in [-0.2, -0.15) is 10.5 Å². The highest BCUT2D eigenvalue weighted by Gasteiger charge is 2.48. The summed E-state index contributed by atoms with van der Waals surface area (Å²) >= 11 is 12.7. The molecular formula is C90H100Cl2N2O21. The van der Waals surface area contributed by atoms with Gasteiger partial charge in [-0.05, 0) is 203 Å². The van der Waals surface area contributed by atoms with Crippen LogP contribution in [0.3, 0.4) is 0 Å². The van der Waals surface area contributed by atoms with Crippen LogP contribution in [0.15, 0.2) is 170 Å². The van der Waals surface area contributed by atoms with Crippen LogP contribution in [0.5, 0.6) is 5.75 Å². The Hall–Kier alpha value is -8.12. The van der Waals surface area contributed by atoms with Gasteiger partial charge in [-0.15, -0.1) is 6.42 Å². The van der Waals surface area contributed by atoms with Gasteiger partial charge in [0.1, 0.15) is 128 Å². The molecule has 8 aromatic carbocycles. The van der Waals surface area contributed by atoms with Crippen molar-refractivity contribution in [3.05, 3.63) is 274 Å². The van der Waals surface area contributed by atoms with E-state index in [9.17, 15) is 92.2 Å². The second kappa shape index (κ2) is 40.8. The molecule has 23 nitrogen and oxygen atoms in total. The fourth-order valence-electron chi connectivity index (χ4n) is 15.1. The summed E-state index contributed by atoms with van der Waals surface area (Å²) in [5.74, 6) is 4.13. The zero-order chi connectivity index (χ0) is 82.3. The van der Waals surface area contributed by atoms with Crippen LogP contribution in [0, 0.1) is 35.0 Å². The van der Waals surface area contributed by atoms with Crippen molar-refractivity contribution in [2.75, 3.05) is 26.4 Å². The lowest BCUT2D eigenvalue weighted by molar-refractivity contribution is -0.231. The Morgan fingerprint density at radius 3 is 0.983 bits per heavy atom. The molecule has 16 N–H and O–H groups in total. The Morgan fingerprint density at radius 2 is 0.661 bits per heavy atom. The van der Waals surface area contributed by atoms with Crippen LogP contribution >= 0.6 is 23.2 Å². The number of nitrogens with zero attached hydrogens (tertiary/aromatic N) is 2. The van der Waals surface area contributed by atoms with E-state index in [-0.39, 0.29) is 0 Å². The number of hydrogen-bond donors (Lipinski definition) is 16. The first-order valence-corrected chi connectivity index (χ1v) is 39.5. The van der Waals surface area contributed by atoms with Gasteiger partial charge in [0.2, 0.25) is 0 Å². The Balaban J connectivity index is 0.000000151. The third kappa shape index (κ3) is 21.6. The molecule has 20 atom stereocenters. The smallest absolute Gasteiger partial charge is 0.119 e. The maximum absolute atomic E-state index is 10.4. The molecule has 6 aliphatic rings. The van der Waals surface area contributed by atoms with E-state index in [0.29, 0.717) is 81.1 Å². The third-order valence-electron chi connectivity index (χ3n) is 22.2. The molecule has 4 heterocycles. The van der Waals surface area contributed by atoms with Crippen molar-refractivity contribution in [3.8, 4) is 30.2 Å². The molecule has 0 aromatic heterocycles. The highest BCUT2D eigenvalue weighted by Crippen LogP contribution is 2.42. The van der Waals surface area contributed by atoms with Crippen LogP contribution in [-0.2, 0) is 51.1 Å². The highest BCUT2D eigenvalue weighted by molar-refractivity contribution is 6.31. The van der Waals surface area contributed by atoms with Gasteiger partial charge in [-0.1, -0.05) is 157 Å². The van der Waals surface area contributed by atoms with Gasteiger partial charge in [-0.3, -0.25) is 0 Å². The lowest BCUT2D eigenvalue weighted by Crippen LogP contribution is -2.55. The van der Waals surface area contributed by atoms with Crippen molar-refractivity contribution in [1.82, 2.24) is 0 Å². The molecule has 25 heteroatoms. The van der Waals surface area contributed by atoms with Gasteiger partial charge in [0, 0.05) is 15.6 Å². The van der Waals surface area contributed by atoms with Gasteiger partial charge >= 0.3 is 0 Å². The molecule has 0 radical (unpaired) electrons. The first kappa shape index (κ1) is 87.7. The average molecular weight is 1620 g/mol. The largest absolute Gasteiger partial charge is 0.490 e. The van der Waals surface area contributed by atoms with E-state index >= 15 is 0 Å². The Morgan fingerprint density at radius 1 is 0.365 bits per heavy atom. The molecule has 0 unspecified atom stereocenters. The molecule has 6 fully saturated rings. The monoisotopic (exact) mass is 1610 g/mol. The third-order valence-corrected chi connectivity index (χ3v) is 22.9. The molecule has 2 aliphatic carbocycles. The first-order chi connectivity index (χ1) is 55.4. The summed E-state index contributed by atoms with van der Waals surface area (Å²) in [4.78, 5) is 0. The zero-order valence-electron chi connectivity index (χ0n) is 63.4. The van der Waals surface area contributed by atoms with E-state index in [1.54, 1.807) is 66.7 Å². The minimum Gasteiger partial charge on any atom is -0.490 e. The van der Waals surface area contributed by atoms with E-state index in [2.05, 4.69) is 61.4 Å². The van der Waals surface area contributed by atoms with Gasteiger partial charge in [0.15, 0.2) is 0 Å². The Labute approximate surface area is 678 Å². The van der Waals surface area contributed by atoms with Crippen LogP contribution in [-0.4, -0.2) is 212 Å². The van der Waals surface area contributed by atoms with Crippen LogP contribution in [0.2, 0.25) is 10.0 Å². The van der Waals surface area contributed by atoms with Crippen molar-refractivity contribution in [2.45, 2.75) is 212 Å². The van der Waals surface area contributed by atoms with Crippen molar-refractivity contribution < 1.29 is 105 Å². The summed E-state index contributed by atoms with van der Waals surface area (Å²) in [6, 6.07) is 57.2. The molecule has 4 aliphatic heterocycles. The molecule has 14 rings (SSSR count). The van der Waals surface area contributed by atoms with Crippen molar-refractivity contribution in [2.24, 2.45) is 0 Å². The van der Waals surface area contributed by atoms with E-state index in [4.69, 9.17) is 53.3 Å². The zero-order valence-corrected chi connectivity index (χ0v) is 64.9. The quantitative estimate of drug-likeness (QED) is 0.0343. The number of halogens is 2. The van der Waals surface area contributed by atoms with Crippen LogP contribution < -0.4 is 4.74 Å². The lowest BCUT2D eigenvalue weighted by Gasteiger charge is -2.40. The standard InChI is InChI=1S/C24H29ClO6.C23H25NO5.C22H25NO5.C21H21ClO5/c25-19-10-7-15(24-23(29)22(28)21(27)20(13-26)31-24)12-16(19)11-14-5-8-18(9-6-14)30-17-3-1-2-4-17;24-11-17-8-7-16(23-22(28)21(27)20(26)19(12-25)29-23)10-18(17)9-13-1-3-14(4-2-13)15-5-6-15;1-2-13-3-5-14(6-4-13)9-17-10-15(7-8-16(17)11-23)22-21(27)20(26)19(25)18(12-24)28-22;1-2-12-3-5-13(6-4-12)9-15-10-14(7-8-16(15)22)21-20(26)19(25)18(24)17(11-23)27-21/h5-10,12,17,20-24,26-29H,1-4,11,13H2;1-4,7-8,10,15,19-23,25-28H,5-6,9,12H2;3-8,10,18-22,24-27H,2,9,12H2,1H3;1,3-8,10,17-21,23-26H,9,11H2/t20-,21-,22+,23-,24+;19-,20-,21+,22-,23+;18-,19-,20+,21-,22+;17-,18-,19+,20-,21+/m1111/s1. The second-order valence-corrected chi connectivity index (χ2v) is 31.0. The Bertz CT molecular complexity index is 4600. The summed E-state index contributed by atoms with van der Waals surface area (Å²) in [5, 5.41) is 179. The average Bonchev–Trinajstić information content (AvgIpc) is 1.68. The van der Waals surface area contributed by atoms with E-state index < -0.39 is 149 Å². The second-order valence-electron chi connectivity index (χ2n) is 30.2. The van der Waals surface area contributed by atoms with Crippen LogP contribution in [0.25, 0.3) is 0 Å². The Kier molecular flexibility index (Phi) is 31.1. The number of benzene rings is 8. The highest BCUT2D eigenvalue weighted by atomic mass is 35.5. The van der Waals surface area contributed by atoms with Gasteiger partial charge in [-0.25, -0.2) is 0 Å². The minimum atomic E-state index is -1.43. The molecule has 8 aromatic rings. The summed E-state index contributed by atoms with van der Waals surface area (Å²) < 4.78 is 28.6. The molecular weight excluding hydrogens is 1520 g/mol. The predicted octanol–water partition coefficient (Wildman–Crippen LogP) is 6.96. The SMILES string of the molecule is C#Cc1ccc(Cc2cc([C@@H]3O[C@H](CO)[C@@H](O)[C@H](O)[C@H]3O)ccc2Cl)cc1.CCc1ccc(Cc2cc([C@@H]3O[C@H](CO)[C@@H](O)[C@H](O)[C@H]3O)ccc2C#N)cc1.N#Cc1ccc([C@@H]2O[C@H](CO)[C@@H](O)[C@H](O)[C@H]2O)cc1Cc1ccc(C2CC2)cc1.OC[C@H]1O[C@@H](c2ccc(Cl)c(Cc3ccc(OC4CCCC4)cc3)c2)[C@H](O)[C@@H](O)[C@@H]1O. The number of nitriles is 2. The molecule has 0 amide bonds. The topological polar surface area (TPSA) is 417 Å². The number of ether oxygens (including phenoxy) is 5. The summed E-state index contributed by atoms with van der Waals surface area (Å²) in [6.45, 7) is 0.208. The summed E-state index contributed by atoms with van der Waals surface area (Å²) in [5.41, 5.74) is 14.3. The van der Waals surface area contributed by atoms with Gasteiger partial charge in [0.05, 0.1) is 55.8 Å². The van der Waals surface area contributed by atoms with E-state index in [1.165, 1.54) is 36.8 Å². The predicted molar refractivity (Wildman–Crippen MR) is 425 cm³/mol. The molecule has 0 bridgehead atoms. The maximum Gasteiger partial charge on any atom is 0.119 e. The normalized spacial score (nSPS) is 28.5. The van der Waals surface area contributed by atoms with Crippen LogP contribution in [0.4, 0.5) is 0 Å². The lowest BCUT2D eigenvalue weighted by atomic mass is 9.89. The van der Waals surface area contributed by atoms with Crippen molar-refractivity contribution in [3.63, 3.8) is 0 Å². The molecule has 115 heavy (non-hydrogen) atoms. The first-order valence-electron chi connectivity index (χ1n) is 38.7. The number of terminal acetylenes is 1. The molecule has 4 saturated heterocycles. The van der Waals surface area contributed by atoms with E-state index in [1.807, 2.05) is 66.7 Å². The van der Waals surface area contributed by atoms with E-state index in [0.717, 1.165) is 75.1 Å². The number of aliphatic hydroxyl groups is 16. The number of aliphatic hydroxyl groups excluding tert-OH is 16. The maximum atomic E-state index is 10.4. The number of aryl methyl sites for hydroxylation is 1. The fourth-order valence-corrected chi connectivity index (χ4v) is 15.5. The fraction of sp³-hybridized carbons (Fsp3) is 0.422. The van der Waals surface area contributed by atoms with Crippen LogP contribution in [0.1, 0.15) is 170 Å². The number of rotatable bonds is 20. The molecule has 2 saturated carbocycles. The van der Waals surface area contributed by atoms with Gasteiger partial charge in [0.25, 0.3) is 0 Å². The van der Waals surface area contributed by atoms with Gasteiger partial charge < -0.3 is 105 Å². The molecule has 0 spiro atoms. The molecule has 610 valence electrons. The minimum absolute atomic E-state index is 0.315. The number of hydrogen-bond acceptors (Lipinski definition) is 23. The van der Waals surface area contributed by atoms with Crippen molar-refractivity contribution in [1.29, 1.82) is 10.5 Å². The summed E-state index contributed by atoms with van der Waals surface area (Å²) in [7, 11) is 0. The summed E-state index contributed by atoms with van der Waals surface area (Å²) in [6.07, 6.45) is -7.98.